The van der Waals surface area contributed by atoms with Crippen LogP contribution in [-0.2, 0) is 11.3 Å². The molecule has 21 heavy (non-hydrogen) atoms. The summed E-state index contributed by atoms with van der Waals surface area (Å²) >= 11 is 0. The summed E-state index contributed by atoms with van der Waals surface area (Å²) in [5, 5.41) is 20.7. The van der Waals surface area contributed by atoms with Crippen LogP contribution in [-0.4, -0.2) is 69.6 Å². The molecule has 1 atom stereocenters. The van der Waals surface area contributed by atoms with Crippen molar-refractivity contribution < 1.29 is 19.5 Å². The predicted octanol–water partition coefficient (Wildman–Crippen LogP) is -1.25. The quantitative estimate of drug-likeness (QED) is 0.602. The van der Waals surface area contributed by atoms with Crippen molar-refractivity contribution in [2.45, 2.75) is 19.5 Å². The third-order valence-electron chi connectivity index (χ3n) is 2.54. The van der Waals surface area contributed by atoms with Crippen LogP contribution in [0.4, 0.5) is 4.79 Å². The maximum absolute atomic E-state index is 11.6. The topological polar surface area (TPSA) is 129 Å². The SMILES string of the molecule is CC(NC(=O)NCCn1cc(C(=O)O)nn1)C(=O)N(C)C. The van der Waals surface area contributed by atoms with Crippen LogP contribution < -0.4 is 10.6 Å². The fourth-order valence-corrected chi connectivity index (χ4v) is 1.49. The number of nitrogens with one attached hydrogen (secondary N) is 2. The molecule has 1 aromatic heterocycles. The Morgan fingerprint density at radius 3 is 2.62 bits per heavy atom. The van der Waals surface area contributed by atoms with Crippen molar-refractivity contribution in [1.29, 1.82) is 0 Å². The van der Waals surface area contributed by atoms with Gasteiger partial charge in [0, 0.05) is 20.6 Å². The molecule has 0 bridgehead atoms. The first-order chi connectivity index (χ1) is 9.81. The highest BCUT2D eigenvalue weighted by Gasteiger charge is 2.16. The van der Waals surface area contributed by atoms with E-state index in [1.807, 2.05) is 0 Å². The summed E-state index contributed by atoms with van der Waals surface area (Å²) in [5.74, 6) is -1.38. The highest BCUT2D eigenvalue weighted by atomic mass is 16.4. The number of aromatic carboxylic acids is 1. The van der Waals surface area contributed by atoms with E-state index in [2.05, 4.69) is 20.9 Å². The van der Waals surface area contributed by atoms with Crippen molar-refractivity contribution in [3.8, 4) is 0 Å². The molecule has 1 aromatic rings. The van der Waals surface area contributed by atoms with Crippen LogP contribution in [0.1, 0.15) is 17.4 Å². The van der Waals surface area contributed by atoms with Gasteiger partial charge in [-0.3, -0.25) is 4.79 Å². The van der Waals surface area contributed by atoms with Gasteiger partial charge in [0.05, 0.1) is 12.7 Å². The summed E-state index contributed by atoms with van der Waals surface area (Å²) in [6.45, 7) is 2.07. The molecule has 0 fully saturated rings. The van der Waals surface area contributed by atoms with Gasteiger partial charge in [-0.1, -0.05) is 5.21 Å². The Morgan fingerprint density at radius 1 is 1.43 bits per heavy atom. The number of rotatable bonds is 6. The van der Waals surface area contributed by atoms with E-state index >= 15 is 0 Å². The molecule has 0 radical (unpaired) electrons. The Bertz CT molecular complexity index is 527. The summed E-state index contributed by atoms with van der Waals surface area (Å²) in [5.41, 5.74) is -0.162. The molecule has 0 spiro atoms. The van der Waals surface area contributed by atoms with Crippen LogP contribution in [0.25, 0.3) is 0 Å². The molecule has 1 rings (SSSR count). The smallest absolute Gasteiger partial charge is 0.358 e. The number of carbonyl (C=O) groups is 3. The van der Waals surface area contributed by atoms with Gasteiger partial charge in [-0.2, -0.15) is 0 Å². The van der Waals surface area contributed by atoms with Crippen molar-refractivity contribution in [3.05, 3.63) is 11.9 Å². The zero-order valence-electron chi connectivity index (χ0n) is 12.0. The first-order valence-corrected chi connectivity index (χ1v) is 6.20. The number of likely N-dealkylation sites (N-methyl/N-ethyl adjacent to an activating group) is 1. The normalized spacial score (nSPS) is 11.6. The minimum atomic E-state index is -1.16. The summed E-state index contributed by atoms with van der Waals surface area (Å²) in [6.07, 6.45) is 1.26. The maximum atomic E-state index is 11.6. The fraction of sp³-hybridized carbons (Fsp3) is 0.545. The van der Waals surface area contributed by atoms with Crippen molar-refractivity contribution >= 4 is 17.9 Å². The second-order valence-corrected chi connectivity index (χ2v) is 4.53. The first-order valence-electron chi connectivity index (χ1n) is 6.20. The molecule has 0 aliphatic heterocycles. The number of amides is 3. The molecule has 1 unspecified atom stereocenters. The minimum Gasteiger partial charge on any atom is -0.476 e. The van der Waals surface area contributed by atoms with Crippen molar-refractivity contribution in [3.63, 3.8) is 0 Å². The number of hydrogen-bond donors (Lipinski definition) is 3. The fourth-order valence-electron chi connectivity index (χ4n) is 1.49. The van der Waals surface area contributed by atoms with Crippen LogP contribution in [0.15, 0.2) is 6.20 Å². The van der Waals surface area contributed by atoms with Crippen LogP contribution in [0.3, 0.4) is 0 Å². The van der Waals surface area contributed by atoms with Crippen molar-refractivity contribution in [1.82, 2.24) is 30.5 Å². The van der Waals surface area contributed by atoms with E-state index < -0.39 is 18.0 Å². The number of urea groups is 1. The Kier molecular flexibility index (Phi) is 5.64. The second kappa shape index (κ2) is 7.22. The van der Waals surface area contributed by atoms with E-state index in [9.17, 15) is 14.4 Å². The number of carbonyl (C=O) groups excluding carboxylic acids is 2. The molecule has 0 aromatic carbocycles. The van der Waals surface area contributed by atoms with Gasteiger partial charge in [0.25, 0.3) is 0 Å². The van der Waals surface area contributed by atoms with Gasteiger partial charge < -0.3 is 20.6 Å². The van der Waals surface area contributed by atoms with Crippen LogP contribution in [0.2, 0.25) is 0 Å². The molecule has 3 amide bonds. The Morgan fingerprint density at radius 2 is 2.10 bits per heavy atom. The van der Waals surface area contributed by atoms with Gasteiger partial charge in [-0.25, -0.2) is 14.3 Å². The molecular formula is C11H18N6O4. The van der Waals surface area contributed by atoms with E-state index in [0.717, 1.165) is 0 Å². The Labute approximate surface area is 121 Å². The van der Waals surface area contributed by atoms with Gasteiger partial charge in [0.2, 0.25) is 5.91 Å². The maximum Gasteiger partial charge on any atom is 0.358 e. The molecule has 3 N–H and O–H groups in total. The van der Waals surface area contributed by atoms with Gasteiger partial charge in [-0.15, -0.1) is 5.10 Å². The largest absolute Gasteiger partial charge is 0.476 e. The minimum absolute atomic E-state index is 0.162. The van der Waals surface area contributed by atoms with E-state index in [1.54, 1.807) is 21.0 Å². The third-order valence-corrected chi connectivity index (χ3v) is 2.54. The lowest BCUT2D eigenvalue weighted by Crippen LogP contribution is -2.48. The van der Waals surface area contributed by atoms with Crippen molar-refractivity contribution in [2.24, 2.45) is 0 Å². The van der Waals surface area contributed by atoms with E-state index in [-0.39, 0.29) is 24.7 Å². The number of hydrogen-bond acceptors (Lipinski definition) is 5. The second-order valence-electron chi connectivity index (χ2n) is 4.53. The average Bonchev–Trinajstić information content (AvgIpc) is 2.86. The third kappa shape index (κ3) is 5.09. The Balaban J connectivity index is 2.33. The standard InChI is InChI=1S/C11H18N6O4/c1-7(9(18)16(2)3)13-11(21)12-4-5-17-6-8(10(19)20)14-15-17/h6-7H,4-5H2,1-3H3,(H,19,20)(H2,12,13,21). The Hall–Kier alpha value is -2.65. The molecule has 10 heteroatoms. The van der Waals surface area contributed by atoms with Crippen molar-refractivity contribution in [2.75, 3.05) is 20.6 Å². The molecule has 0 saturated carbocycles. The van der Waals surface area contributed by atoms with Crippen LogP contribution in [0.5, 0.6) is 0 Å². The lowest BCUT2D eigenvalue weighted by atomic mass is 10.3. The highest BCUT2D eigenvalue weighted by Crippen LogP contribution is 1.92. The van der Waals surface area contributed by atoms with E-state index in [0.29, 0.717) is 0 Å². The number of carboxylic acid groups (broad SMARTS) is 1. The molecule has 0 aliphatic rings. The first kappa shape index (κ1) is 16.4. The number of aromatic nitrogens is 3. The van der Waals surface area contributed by atoms with Crippen LogP contribution in [0, 0.1) is 0 Å². The van der Waals surface area contributed by atoms with Gasteiger partial charge in [0.1, 0.15) is 6.04 Å². The predicted molar refractivity (Wildman–Crippen MR) is 71.7 cm³/mol. The van der Waals surface area contributed by atoms with E-state index in [4.69, 9.17) is 5.11 Å². The average molecular weight is 298 g/mol. The molecule has 0 saturated heterocycles. The monoisotopic (exact) mass is 298 g/mol. The molecule has 1 heterocycles. The van der Waals surface area contributed by atoms with Crippen LogP contribution >= 0.6 is 0 Å². The molecular weight excluding hydrogens is 280 g/mol. The number of carboxylic acids is 1. The van der Waals surface area contributed by atoms with Gasteiger partial charge >= 0.3 is 12.0 Å². The lowest BCUT2D eigenvalue weighted by molar-refractivity contribution is -0.130. The number of nitrogens with zero attached hydrogens (tertiary/aromatic N) is 4. The lowest BCUT2D eigenvalue weighted by Gasteiger charge is -2.18. The zero-order valence-corrected chi connectivity index (χ0v) is 12.0. The zero-order chi connectivity index (χ0) is 16.0. The summed E-state index contributed by atoms with van der Waals surface area (Å²) < 4.78 is 1.30. The molecule has 0 aliphatic carbocycles. The molecule has 10 nitrogen and oxygen atoms in total. The highest BCUT2D eigenvalue weighted by molar-refractivity contribution is 5.86. The summed E-state index contributed by atoms with van der Waals surface area (Å²) in [7, 11) is 3.20. The molecule has 116 valence electrons. The summed E-state index contributed by atoms with van der Waals surface area (Å²) in [4.78, 5) is 35.1. The van der Waals surface area contributed by atoms with E-state index in [1.165, 1.54) is 15.8 Å². The van der Waals surface area contributed by atoms with Gasteiger partial charge in [0.15, 0.2) is 5.69 Å². The van der Waals surface area contributed by atoms with Gasteiger partial charge in [-0.05, 0) is 6.92 Å². The summed E-state index contributed by atoms with van der Waals surface area (Å²) in [6, 6.07) is -1.12.